The van der Waals surface area contributed by atoms with Crippen LogP contribution in [0.5, 0.6) is 0 Å². The summed E-state index contributed by atoms with van der Waals surface area (Å²) in [5.74, 6) is -2.45. The summed E-state index contributed by atoms with van der Waals surface area (Å²) in [6.07, 6.45) is 1.16. The molecule has 2 aromatic heterocycles. The SMILES string of the molecule is Nc1ncc(-c2cc(C3CC(F)(F)C3)[nH]n2)c(N)n1. The van der Waals surface area contributed by atoms with Crippen LogP contribution in [0.2, 0.25) is 0 Å². The van der Waals surface area contributed by atoms with Gasteiger partial charge in [-0.3, -0.25) is 5.10 Å². The van der Waals surface area contributed by atoms with E-state index in [0.717, 1.165) is 0 Å². The van der Waals surface area contributed by atoms with Gasteiger partial charge in [-0.05, 0) is 6.07 Å². The number of rotatable bonds is 2. The quantitative estimate of drug-likeness (QED) is 0.764. The van der Waals surface area contributed by atoms with Crippen molar-refractivity contribution in [2.45, 2.75) is 24.7 Å². The average molecular weight is 266 g/mol. The number of nitrogens with two attached hydrogens (primary N) is 2. The van der Waals surface area contributed by atoms with E-state index in [1.165, 1.54) is 6.20 Å². The van der Waals surface area contributed by atoms with Gasteiger partial charge in [-0.1, -0.05) is 0 Å². The van der Waals surface area contributed by atoms with E-state index >= 15 is 0 Å². The maximum Gasteiger partial charge on any atom is 0.249 e. The molecule has 0 bridgehead atoms. The van der Waals surface area contributed by atoms with Gasteiger partial charge in [0.1, 0.15) is 5.82 Å². The standard InChI is InChI=1S/C11H12F2N6/c12-11(13)2-5(3-11)7-1-8(19-18-7)6-4-16-10(15)17-9(6)14/h1,4-5H,2-3H2,(H,18,19)(H4,14,15,16,17). The molecule has 1 aliphatic rings. The van der Waals surface area contributed by atoms with Crippen molar-refractivity contribution in [3.05, 3.63) is 18.0 Å². The van der Waals surface area contributed by atoms with Gasteiger partial charge in [-0.25, -0.2) is 13.8 Å². The van der Waals surface area contributed by atoms with Crippen molar-refractivity contribution in [3.8, 4) is 11.3 Å². The highest BCUT2D eigenvalue weighted by Crippen LogP contribution is 2.48. The maximum absolute atomic E-state index is 12.8. The number of H-pyrrole nitrogens is 1. The molecule has 1 saturated carbocycles. The number of nitrogens with zero attached hydrogens (tertiary/aromatic N) is 3. The van der Waals surface area contributed by atoms with Gasteiger partial charge in [-0.15, -0.1) is 0 Å². The Hall–Kier alpha value is -2.25. The number of nitrogens with one attached hydrogen (secondary N) is 1. The highest BCUT2D eigenvalue weighted by atomic mass is 19.3. The topological polar surface area (TPSA) is 106 Å². The Morgan fingerprint density at radius 1 is 1.32 bits per heavy atom. The Labute approximate surface area is 107 Å². The Balaban J connectivity index is 1.85. The highest BCUT2D eigenvalue weighted by Gasteiger charge is 2.46. The number of aromatic nitrogens is 4. The summed E-state index contributed by atoms with van der Waals surface area (Å²) in [6, 6.07) is 1.70. The second-order valence-electron chi connectivity index (χ2n) is 4.70. The fourth-order valence-electron chi connectivity index (χ4n) is 2.17. The van der Waals surface area contributed by atoms with Crippen molar-refractivity contribution < 1.29 is 8.78 Å². The molecule has 2 heterocycles. The van der Waals surface area contributed by atoms with E-state index in [4.69, 9.17) is 11.5 Å². The van der Waals surface area contributed by atoms with Crippen LogP contribution in [0.15, 0.2) is 12.3 Å². The van der Waals surface area contributed by atoms with E-state index in [1.807, 2.05) is 0 Å². The lowest BCUT2D eigenvalue weighted by atomic mass is 9.79. The van der Waals surface area contributed by atoms with Gasteiger partial charge in [0.05, 0.1) is 11.3 Å². The number of aromatic amines is 1. The number of anilines is 2. The predicted molar refractivity (Wildman–Crippen MR) is 65.4 cm³/mol. The zero-order chi connectivity index (χ0) is 13.6. The van der Waals surface area contributed by atoms with Gasteiger partial charge in [0.25, 0.3) is 0 Å². The van der Waals surface area contributed by atoms with Crippen LogP contribution >= 0.6 is 0 Å². The fourth-order valence-corrected chi connectivity index (χ4v) is 2.17. The van der Waals surface area contributed by atoms with E-state index in [9.17, 15) is 8.78 Å². The average Bonchev–Trinajstić information content (AvgIpc) is 2.74. The molecule has 0 radical (unpaired) electrons. The molecule has 2 aromatic rings. The van der Waals surface area contributed by atoms with Crippen molar-refractivity contribution in [2.24, 2.45) is 0 Å². The lowest BCUT2D eigenvalue weighted by Crippen LogP contribution is -2.33. The zero-order valence-electron chi connectivity index (χ0n) is 9.90. The summed E-state index contributed by atoms with van der Waals surface area (Å²) >= 11 is 0. The van der Waals surface area contributed by atoms with Crippen LogP contribution in [0, 0.1) is 0 Å². The molecular formula is C11H12F2N6. The summed E-state index contributed by atoms with van der Waals surface area (Å²) < 4.78 is 25.6. The van der Waals surface area contributed by atoms with Gasteiger partial charge in [-0.2, -0.15) is 10.1 Å². The molecule has 0 atom stereocenters. The van der Waals surface area contributed by atoms with Gasteiger partial charge in [0.2, 0.25) is 11.9 Å². The zero-order valence-corrected chi connectivity index (χ0v) is 9.90. The second kappa shape index (κ2) is 3.87. The second-order valence-corrected chi connectivity index (χ2v) is 4.70. The van der Waals surface area contributed by atoms with Crippen LogP contribution in [0.1, 0.15) is 24.5 Å². The Morgan fingerprint density at radius 2 is 2.05 bits per heavy atom. The van der Waals surface area contributed by atoms with Crippen molar-refractivity contribution in [1.82, 2.24) is 20.2 Å². The molecule has 0 amide bonds. The summed E-state index contributed by atoms with van der Waals surface area (Å²) in [5, 5.41) is 6.82. The van der Waals surface area contributed by atoms with E-state index in [2.05, 4.69) is 20.2 Å². The highest BCUT2D eigenvalue weighted by molar-refractivity contribution is 5.70. The summed E-state index contributed by atoms with van der Waals surface area (Å²) in [4.78, 5) is 7.67. The van der Waals surface area contributed by atoms with Crippen LogP contribution in [0.4, 0.5) is 20.5 Å². The van der Waals surface area contributed by atoms with E-state index in [1.54, 1.807) is 6.07 Å². The van der Waals surface area contributed by atoms with Gasteiger partial charge >= 0.3 is 0 Å². The summed E-state index contributed by atoms with van der Waals surface area (Å²) in [6.45, 7) is 0. The number of halogens is 2. The first-order chi connectivity index (χ1) is 8.94. The first kappa shape index (κ1) is 11.8. The number of hydrogen-bond donors (Lipinski definition) is 3. The Kier molecular flexibility index (Phi) is 2.41. The molecule has 5 N–H and O–H groups in total. The van der Waals surface area contributed by atoms with Crippen molar-refractivity contribution in [2.75, 3.05) is 11.5 Å². The molecule has 6 nitrogen and oxygen atoms in total. The minimum absolute atomic E-state index is 0.0793. The first-order valence-electron chi connectivity index (χ1n) is 5.76. The molecule has 19 heavy (non-hydrogen) atoms. The predicted octanol–water partition coefficient (Wildman–Crippen LogP) is 1.54. The molecule has 0 spiro atoms. The molecule has 0 saturated heterocycles. The Bertz CT molecular complexity index is 615. The lowest BCUT2D eigenvalue weighted by molar-refractivity contribution is -0.0876. The molecule has 8 heteroatoms. The molecule has 1 fully saturated rings. The van der Waals surface area contributed by atoms with Crippen LogP contribution in [0.3, 0.4) is 0 Å². The third-order valence-corrected chi connectivity index (χ3v) is 3.24. The lowest BCUT2D eigenvalue weighted by Gasteiger charge is -2.33. The third-order valence-electron chi connectivity index (χ3n) is 3.24. The smallest absolute Gasteiger partial charge is 0.249 e. The molecule has 100 valence electrons. The molecule has 0 aliphatic heterocycles. The first-order valence-corrected chi connectivity index (χ1v) is 5.76. The summed E-state index contributed by atoms with van der Waals surface area (Å²) in [5.41, 5.74) is 12.9. The van der Waals surface area contributed by atoms with Crippen LogP contribution < -0.4 is 11.5 Å². The minimum Gasteiger partial charge on any atom is -0.383 e. The van der Waals surface area contributed by atoms with Crippen LogP contribution in [-0.4, -0.2) is 26.1 Å². The van der Waals surface area contributed by atoms with E-state index < -0.39 is 5.92 Å². The monoisotopic (exact) mass is 266 g/mol. The molecule has 3 rings (SSSR count). The van der Waals surface area contributed by atoms with Gasteiger partial charge < -0.3 is 11.5 Å². The summed E-state index contributed by atoms with van der Waals surface area (Å²) in [7, 11) is 0. The molecule has 0 unspecified atom stereocenters. The number of alkyl halides is 2. The van der Waals surface area contributed by atoms with E-state index in [-0.39, 0.29) is 30.5 Å². The maximum atomic E-state index is 12.8. The van der Waals surface area contributed by atoms with Gasteiger partial charge in [0.15, 0.2) is 0 Å². The van der Waals surface area contributed by atoms with Crippen molar-refractivity contribution in [3.63, 3.8) is 0 Å². The molecular weight excluding hydrogens is 254 g/mol. The third kappa shape index (κ3) is 2.09. The molecule has 1 aliphatic carbocycles. The normalized spacial score (nSPS) is 18.2. The fraction of sp³-hybridized carbons (Fsp3) is 0.364. The van der Waals surface area contributed by atoms with Crippen LogP contribution in [-0.2, 0) is 0 Å². The van der Waals surface area contributed by atoms with Crippen molar-refractivity contribution >= 4 is 11.8 Å². The van der Waals surface area contributed by atoms with Crippen LogP contribution in [0.25, 0.3) is 11.3 Å². The van der Waals surface area contributed by atoms with Gasteiger partial charge in [0, 0.05) is 30.7 Å². The number of hydrogen-bond acceptors (Lipinski definition) is 5. The van der Waals surface area contributed by atoms with Crippen molar-refractivity contribution in [1.29, 1.82) is 0 Å². The Morgan fingerprint density at radius 3 is 2.68 bits per heavy atom. The van der Waals surface area contributed by atoms with E-state index in [0.29, 0.717) is 17.0 Å². The number of nitrogen functional groups attached to an aromatic ring is 2. The minimum atomic E-state index is -2.56. The molecule has 0 aromatic carbocycles. The largest absolute Gasteiger partial charge is 0.383 e.